The predicted molar refractivity (Wildman–Crippen MR) is 95.3 cm³/mol. The van der Waals surface area contributed by atoms with Crippen LogP contribution in [0.4, 0.5) is 25.0 Å². The van der Waals surface area contributed by atoms with Crippen molar-refractivity contribution in [3.63, 3.8) is 0 Å². The van der Waals surface area contributed by atoms with Gasteiger partial charge < -0.3 is 19.1 Å². The van der Waals surface area contributed by atoms with Gasteiger partial charge in [-0.3, -0.25) is 4.90 Å². The van der Waals surface area contributed by atoms with Gasteiger partial charge in [-0.05, 0) is 12.8 Å². The van der Waals surface area contributed by atoms with E-state index in [9.17, 15) is 4.79 Å². The molecular weight excluding hydrogens is 388 g/mol. The Morgan fingerprint density at radius 1 is 1.21 bits per heavy atom. The van der Waals surface area contributed by atoms with Crippen molar-refractivity contribution in [3.8, 4) is 0 Å². The summed E-state index contributed by atoms with van der Waals surface area (Å²) in [5, 5.41) is 12.8. The van der Waals surface area contributed by atoms with Crippen molar-refractivity contribution in [1.29, 1.82) is 5.39 Å². The first-order valence-electron chi connectivity index (χ1n) is 9.46. The average Bonchev–Trinajstić information content (AvgIpc) is 3.03. The van der Waals surface area contributed by atoms with E-state index in [4.69, 9.17) is 19.6 Å². The molecule has 1 saturated carbocycles. The molecule has 4 fully saturated rings. The summed E-state index contributed by atoms with van der Waals surface area (Å²) in [6, 6.07) is 2.22. The van der Waals surface area contributed by atoms with Crippen molar-refractivity contribution < 1.29 is 27.8 Å². The maximum Gasteiger partial charge on any atom is 0.416 e. The first kappa shape index (κ1) is 18.3. The third-order valence-electron chi connectivity index (χ3n) is 6.29. The molecule has 1 aromatic carbocycles. The van der Waals surface area contributed by atoms with Crippen LogP contribution in [0, 0.1) is 22.4 Å². The molecule has 2 spiro atoms. The van der Waals surface area contributed by atoms with Gasteiger partial charge in [-0.1, -0.05) is 0 Å². The Morgan fingerprint density at radius 3 is 2.45 bits per heavy atom. The summed E-state index contributed by atoms with van der Waals surface area (Å²) in [6.45, 7) is 1.64. The van der Waals surface area contributed by atoms with Gasteiger partial charge in [-0.25, -0.2) is 13.6 Å². The molecule has 1 aromatic rings. The maximum absolute atomic E-state index is 15.0. The van der Waals surface area contributed by atoms with Gasteiger partial charge in [0, 0.05) is 29.1 Å². The predicted octanol–water partition coefficient (Wildman–Crippen LogP) is 2.29. The van der Waals surface area contributed by atoms with Gasteiger partial charge in [0.15, 0.2) is 17.4 Å². The van der Waals surface area contributed by atoms with Crippen molar-refractivity contribution in [2.45, 2.75) is 24.9 Å². The number of anilines is 2. The molecule has 9 nitrogen and oxygen atoms in total. The number of carbonyl (C=O) groups excluding carboxylic acids is 1. The van der Waals surface area contributed by atoms with Crippen LogP contribution in [-0.2, 0) is 14.2 Å². The molecule has 0 bridgehead atoms. The highest BCUT2D eigenvalue weighted by atomic mass is 19.1. The second kappa shape index (κ2) is 6.14. The molecule has 1 amide bonds. The van der Waals surface area contributed by atoms with Crippen LogP contribution in [0.25, 0.3) is 5.08 Å². The number of benzene rings is 1. The van der Waals surface area contributed by atoms with E-state index in [1.165, 1.54) is 7.05 Å². The zero-order valence-corrected chi connectivity index (χ0v) is 15.8. The van der Waals surface area contributed by atoms with Crippen LogP contribution in [0.15, 0.2) is 12.1 Å². The number of ether oxygens (including phenoxy) is 3. The Balaban J connectivity index is 1.42. The lowest BCUT2D eigenvalue weighted by Crippen LogP contribution is -2.40. The summed E-state index contributed by atoms with van der Waals surface area (Å²) in [4.78, 5) is 14.8. The van der Waals surface area contributed by atoms with E-state index in [1.807, 2.05) is 0 Å². The molecule has 0 N–H and O–H groups in total. The minimum absolute atomic E-state index is 0.0325. The van der Waals surface area contributed by atoms with Gasteiger partial charge in [-0.2, -0.15) is 0 Å². The monoisotopic (exact) mass is 408 g/mol. The molecule has 3 saturated heterocycles. The Morgan fingerprint density at radius 2 is 1.86 bits per heavy atom. The maximum atomic E-state index is 15.0. The van der Waals surface area contributed by atoms with Gasteiger partial charge in [0.1, 0.15) is 5.69 Å². The largest absolute Gasteiger partial charge is 0.416 e. The van der Waals surface area contributed by atoms with Crippen molar-refractivity contribution in [2.24, 2.45) is 5.41 Å². The summed E-state index contributed by atoms with van der Waals surface area (Å²) in [5.41, 5.74) is -0.334. The van der Waals surface area contributed by atoms with E-state index in [0.717, 1.165) is 34.9 Å². The van der Waals surface area contributed by atoms with E-state index >= 15 is 8.78 Å². The van der Waals surface area contributed by atoms with E-state index in [1.54, 1.807) is 4.90 Å². The number of nitrogens with zero attached hydrogens (tertiary/aromatic N) is 5. The number of amides is 1. The third kappa shape index (κ3) is 2.63. The van der Waals surface area contributed by atoms with E-state index in [2.05, 4.69) is 5.08 Å². The molecule has 1 aliphatic carbocycles. The Labute approximate surface area is 165 Å². The number of likely N-dealkylation sites (N-methyl/N-ethyl adjacent to an activating group) is 1. The highest BCUT2D eigenvalue weighted by Crippen LogP contribution is 2.62. The summed E-state index contributed by atoms with van der Waals surface area (Å²) in [5.74, 6) is -2.35. The smallest absolute Gasteiger partial charge is 0.416 e. The van der Waals surface area contributed by atoms with E-state index in [0.29, 0.717) is 19.8 Å². The van der Waals surface area contributed by atoms with Crippen molar-refractivity contribution >= 4 is 17.5 Å². The molecule has 1 atom stereocenters. The molecule has 0 aromatic heterocycles. The fourth-order valence-electron chi connectivity index (χ4n) is 4.58. The normalized spacial score (nSPS) is 26.3. The van der Waals surface area contributed by atoms with Crippen molar-refractivity contribution in [2.75, 3.05) is 49.7 Å². The SMILES string of the molecule is CN([N+]#N)[C@H]1CN(c2cc(F)c(N3CC4(CC4)C4(C3)OCCO4)c(F)c2)C(=O)O1. The fraction of sp³-hybridized carbons (Fsp3) is 0.611. The summed E-state index contributed by atoms with van der Waals surface area (Å²) < 4.78 is 46.8. The molecule has 154 valence electrons. The first-order chi connectivity index (χ1) is 13.9. The van der Waals surface area contributed by atoms with Crippen LogP contribution in [0.1, 0.15) is 12.8 Å². The number of hydrogen-bond acceptors (Lipinski definition) is 7. The lowest BCUT2D eigenvalue weighted by atomic mass is 10.00. The standard InChI is InChI=1S/C18H20F2N5O4/c1-23(22-21)14-8-25(16(26)29-14)11-6-12(19)15(13(20)7-11)24-9-17(2-3-17)18(10-24)27-4-5-28-18/h6-7,14H,2-5,8-10H2,1H3/q+1/t14-/m1/s1. The van der Waals surface area contributed by atoms with E-state index in [-0.39, 0.29) is 29.9 Å². The number of halogens is 2. The quantitative estimate of drug-likeness (QED) is 0.561. The molecule has 11 heteroatoms. The highest BCUT2D eigenvalue weighted by molar-refractivity contribution is 5.90. The number of cyclic esters (lactones) is 1. The number of carbonyl (C=O) groups is 1. The van der Waals surface area contributed by atoms with Crippen LogP contribution in [0.5, 0.6) is 0 Å². The second-order valence-electron chi connectivity index (χ2n) is 7.96. The molecule has 0 radical (unpaired) electrons. The van der Waals surface area contributed by atoms with Crippen LogP contribution < -0.4 is 9.80 Å². The zero-order chi connectivity index (χ0) is 20.4. The minimum Gasteiger partial charge on any atom is -0.416 e. The molecule has 0 unspecified atom stereocenters. The summed E-state index contributed by atoms with van der Waals surface area (Å²) in [6.07, 6.45) is 0.162. The van der Waals surface area contributed by atoms with Crippen LogP contribution >= 0.6 is 0 Å². The second-order valence-corrected chi connectivity index (χ2v) is 7.96. The molecule has 29 heavy (non-hydrogen) atoms. The molecule has 3 aliphatic heterocycles. The lowest BCUT2D eigenvalue weighted by molar-refractivity contribution is -0.178. The number of diazo groups is 1. The molecule has 3 heterocycles. The number of rotatable bonds is 3. The molecule has 4 aliphatic rings. The lowest BCUT2D eigenvalue weighted by Gasteiger charge is -2.28. The molecule has 5 rings (SSSR count). The first-order valence-corrected chi connectivity index (χ1v) is 9.46. The van der Waals surface area contributed by atoms with E-state index < -0.39 is 29.7 Å². The van der Waals surface area contributed by atoms with Crippen LogP contribution in [0.2, 0.25) is 0 Å². The Kier molecular flexibility index (Phi) is 3.88. The Bertz CT molecular complexity index is 889. The minimum atomic E-state index is -0.858. The highest BCUT2D eigenvalue weighted by Gasteiger charge is 2.68. The van der Waals surface area contributed by atoms with Gasteiger partial charge in [0.05, 0.1) is 39.0 Å². The topological polar surface area (TPSA) is 82.6 Å². The van der Waals surface area contributed by atoms with Crippen molar-refractivity contribution in [3.05, 3.63) is 28.9 Å². The zero-order valence-electron chi connectivity index (χ0n) is 15.8. The van der Waals surface area contributed by atoms with Gasteiger partial charge in [-0.15, -0.1) is 0 Å². The molecular formula is C18H20F2N5O4+. The summed E-state index contributed by atoms with van der Waals surface area (Å²) >= 11 is 0. The Hall–Kier alpha value is -2.71. The average molecular weight is 408 g/mol. The summed E-state index contributed by atoms with van der Waals surface area (Å²) in [7, 11) is 1.41. The van der Waals surface area contributed by atoms with Gasteiger partial charge >= 0.3 is 11.2 Å². The van der Waals surface area contributed by atoms with Crippen molar-refractivity contribution in [1.82, 2.24) is 5.01 Å². The van der Waals surface area contributed by atoms with Crippen LogP contribution in [-0.4, -0.2) is 63.0 Å². The van der Waals surface area contributed by atoms with Gasteiger partial charge in [0.2, 0.25) is 0 Å². The number of fused-ring (bicyclic) bond motifs is 1. The van der Waals surface area contributed by atoms with Gasteiger partial charge in [0.25, 0.3) is 11.6 Å². The third-order valence-corrected chi connectivity index (χ3v) is 6.29. The van der Waals surface area contributed by atoms with Crippen LogP contribution in [0.3, 0.4) is 0 Å². The fourth-order valence-corrected chi connectivity index (χ4v) is 4.58. The number of hydrogen-bond donors (Lipinski definition) is 0.